The Kier molecular flexibility index (Phi) is 3.90. The summed E-state index contributed by atoms with van der Waals surface area (Å²) in [6.07, 6.45) is 0. The van der Waals surface area contributed by atoms with E-state index < -0.39 is 13.8 Å². The lowest BCUT2D eigenvalue weighted by atomic mass is 10.2. The van der Waals surface area contributed by atoms with Crippen molar-refractivity contribution in [2.45, 2.75) is 18.8 Å². The van der Waals surface area contributed by atoms with Gasteiger partial charge in [0.15, 0.2) is 0 Å². The molecular formula is C15H17ClOSi. The van der Waals surface area contributed by atoms with Gasteiger partial charge in [0.05, 0.1) is 5.73 Å². The lowest BCUT2D eigenvalue weighted by Gasteiger charge is -2.29. The van der Waals surface area contributed by atoms with Crippen LogP contribution in [0.25, 0.3) is 0 Å². The fourth-order valence-corrected chi connectivity index (χ4v) is 4.70. The molecule has 94 valence electrons. The average Bonchev–Trinajstić information content (AvgIpc) is 2.39. The highest BCUT2D eigenvalue weighted by molar-refractivity contribution is 6.90. The van der Waals surface area contributed by atoms with Crippen LogP contribution in [0.15, 0.2) is 54.6 Å². The molecule has 2 rings (SSSR count). The van der Waals surface area contributed by atoms with Crippen molar-refractivity contribution in [2.24, 2.45) is 0 Å². The van der Waals surface area contributed by atoms with Crippen LogP contribution in [0.5, 0.6) is 0 Å². The van der Waals surface area contributed by atoms with Gasteiger partial charge < -0.3 is 5.11 Å². The van der Waals surface area contributed by atoms with Crippen molar-refractivity contribution in [3.8, 4) is 0 Å². The topological polar surface area (TPSA) is 20.2 Å². The Bertz CT molecular complexity index is 525. The fraction of sp³-hybridized carbons (Fsp3) is 0.200. The van der Waals surface area contributed by atoms with E-state index in [1.165, 1.54) is 5.19 Å². The lowest BCUT2D eigenvalue weighted by molar-refractivity contribution is 0.251. The molecular weight excluding hydrogens is 260 g/mol. The van der Waals surface area contributed by atoms with Gasteiger partial charge in [0.1, 0.15) is 8.07 Å². The van der Waals surface area contributed by atoms with Crippen LogP contribution in [-0.4, -0.2) is 13.2 Å². The van der Waals surface area contributed by atoms with Crippen LogP contribution >= 0.6 is 11.6 Å². The third-order valence-electron chi connectivity index (χ3n) is 3.37. The summed E-state index contributed by atoms with van der Waals surface area (Å²) >= 11 is 5.99. The van der Waals surface area contributed by atoms with Crippen LogP contribution in [0.3, 0.4) is 0 Å². The summed E-state index contributed by atoms with van der Waals surface area (Å²) in [7, 11) is -1.95. The van der Waals surface area contributed by atoms with Crippen LogP contribution in [0.4, 0.5) is 0 Å². The molecule has 0 aliphatic carbocycles. The first-order valence-electron chi connectivity index (χ1n) is 6.01. The molecule has 0 saturated heterocycles. The van der Waals surface area contributed by atoms with Crippen molar-refractivity contribution in [1.82, 2.24) is 0 Å². The molecule has 0 spiro atoms. The lowest BCUT2D eigenvalue weighted by Crippen LogP contribution is -2.47. The molecule has 0 aliphatic rings. The minimum Gasteiger partial charge on any atom is -0.392 e. The van der Waals surface area contributed by atoms with E-state index in [1.807, 2.05) is 42.5 Å². The molecule has 0 unspecified atom stereocenters. The molecule has 0 amide bonds. The van der Waals surface area contributed by atoms with Crippen LogP contribution in [-0.2, 0) is 0 Å². The molecule has 1 nitrogen and oxygen atoms in total. The second kappa shape index (κ2) is 5.27. The average molecular weight is 277 g/mol. The van der Waals surface area contributed by atoms with Crippen LogP contribution in [0.2, 0.25) is 18.1 Å². The van der Waals surface area contributed by atoms with E-state index in [4.69, 9.17) is 11.6 Å². The monoisotopic (exact) mass is 276 g/mol. The molecule has 1 N–H and O–H groups in total. The maximum absolute atomic E-state index is 10.6. The van der Waals surface area contributed by atoms with E-state index in [1.54, 1.807) is 0 Å². The van der Waals surface area contributed by atoms with Gasteiger partial charge in [-0.1, -0.05) is 72.3 Å². The fourth-order valence-electron chi connectivity index (χ4n) is 2.12. The highest BCUT2D eigenvalue weighted by atomic mass is 35.5. The van der Waals surface area contributed by atoms with Crippen molar-refractivity contribution in [1.29, 1.82) is 0 Å². The highest BCUT2D eigenvalue weighted by Crippen LogP contribution is 2.26. The number of hydrogen-bond donors (Lipinski definition) is 1. The first-order valence-corrected chi connectivity index (χ1v) is 9.46. The Labute approximate surface area is 114 Å². The van der Waals surface area contributed by atoms with Gasteiger partial charge in [0, 0.05) is 5.02 Å². The molecule has 0 aliphatic heterocycles. The summed E-state index contributed by atoms with van der Waals surface area (Å²) in [6.45, 7) is 4.35. The first kappa shape index (κ1) is 13.3. The molecule has 1 atom stereocenters. The SMILES string of the molecule is C[Si](C)(c1ccccc1)[C@@H](O)c1cccc(Cl)c1. The molecule has 0 heterocycles. The van der Waals surface area contributed by atoms with Gasteiger partial charge >= 0.3 is 0 Å². The van der Waals surface area contributed by atoms with Crippen LogP contribution in [0, 0.1) is 0 Å². The number of aliphatic hydroxyl groups excluding tert-OH is 1. The Morgan fingerprint density at radius 2 is 1.67 bits per heavy atom. The Morgan fingerprint density at radius 1 is 1.00 bits per heavy atom. The van der Waals surface area contributed by atoms with Gasteiger partial charge in [-0.2, -0.15) is 0 Å². The number of benzene rings is 2. The summed E-state index contributed by atoms with van der Waals surface area (Å²) in [5, 5.41) is 12.5. The van der Waals surface area contributed by atoms with Gasteiger partial charge in [-0.3, -0.25) is 0 Å². The zero-order valence-corrected chi connectivity index (χ0v) is 12.4. The predicted molar refractivity (Wildman–Crippen MR) is 80.0 cm³/mol. The van der Waals surface area contributed by atoms with Crippen molar-refractivity contribution in [2.75, 3.05) is 0 Å². The molecule has 0 aromatic heterocycles. The molecule has 0 bridgehead atoms. The Morgan fingerprint density at radius 3 is 2.28 bits per heavy atom. The van der Waals surface area contributed by atoms with Crippen molar-refractivity contribution < 1.29 is 5.11 Å². The number of rotatable bonds is 3. The van der Waals surface area contributed by atoms with Crippen LogP contribution in [0.1, 0.15) is 11.3 Å². The number of halogens is 1. The molecule has 2 aromatic rings. The second-order valence-electron chi connectivity index (χ2n) is 5.05. The van der Waals surface area contributed by atoms with E-state index in [-0.39, 0.29) is 0 Å². The summed E-state index contributed by atoms with van der Waals surface area (Å²) in [5.74, 6) is 0. The molecule has 2 aromatic carbocycles. The minimum atomic E-state index is -1.95. The molecule has 0 saturated carbocycles. The highest BCUT2D eigenvalue weighted by Gasteiger charge is 2.33. The predicted octanol–water partition coefficient (Wildman–Crippen LogP) is 3.53. The molecule has 3 heteroatoms. The minimum absolute atomic E-state index is 0.446. The second-order valence-corrected chi connectivity index (χ2v) is 10.0. The van der Waals surface area contributed by atoms with Crippen molar-refractivity contribution >= 4 is 24.9 Å². The number of aliphatic hydroxyl groups is 1. The van der Waals surface area contributed by atoms with Gasteiger partial charge in [-0.05, 0) is 17.7 Å². The first-order chi connectivity index (χ1) is 8.51. The summed E-state index contributed by atoms with van der Waals surface area (Å²) < 4.78 is 0. The third-order valence-corrected chi connectivity index (χ3v) is 7.12. The van der Waals surface area contributed by atoms with E-state index in [2.05, 4.69) is 25.2 Å². The van der Waals surface area contributed by atoms with Gasteiger partial charge in [0.25, 0.3) is 0 Å². The quantitative estimate of drug-likeness (QED) is 0.851. The standard InChI is InChI=1S/C15H17ClOSi/c1-18(2,14-9-4-3-5-10-14)15(17)12-7-6-8-13(16)11-12/h3-11,15,17H,1-2H3/t15-/m1/s1. The molecule has 0 radical (unpaired) electrons. The van der Waals surface area contributed by atoms with Crippen LogP contribution < -0.4 is 5.19 Å². The zero-order chi connectivity index (χ0) is 13.2. The summed E-state index contributed by atoms with van der Waals surface area (Å²) in [4.78, 5) is 0. The normalized spacial score (nSPS) is 13.3. The van der Waals surface area contributed by atoms with Crippen molar-refractivity contribution in [3.05, 3.63) is 65.2 Å². The van der Waals surface area contributed by atoms with Gasteiger partial charge in [-0.25, -0.2) is 0 Å². The van der Waals surface area contributed by atoms with E-state index >= 15 is 0 Å². The Hall–Kier alpha value is -1.09. The maximum atomic E-state index is 10.6. The summed E-state index contributed by atoms with van der Waals surface area (Å²) in [5.41, 5.74) is 0.460. The van der Waals surface area contributed by atoms with Crippen molar-refractivity contribution in [3.63, 3.8) is 0 Å². The third kappa shape index (κ3) is 2.66. The zero-order valence-electron chi connectivity index (χ0n) is 10.6. The Balaban J connectivity index is 2.36. The van der Waals surface area contributed by atoms with Gasteiger partial charge in [-0.15, -0.1) is 0 Å². The molecule has 0 fully saturated rings. The number of hydrogen-bond acceptors (Lipinski definition) is 1. The summed E-state index contributed by atoms with van der Waals surface area (Å²) in [6, 6.07) is 17.7. The van der Waals surface area contributed by atoms with E-state index in [0.29, 0.717) is 5.02 Å². The largest absolute Gasteiger partial charge is 0.392 e. The maximum Gasteiger partial charge on any atom is 0.118 e. The smallest absolute Gasteiger partial charge is 0.118 e. The van der Waals surface area contributed by atoms with Gasteiger partial charge in [0.2, 0.25) is 0 Å². The molecule has 18 heavy (non-hydrogen) atoms. The van der Waals surface area contributed by atoms with E-state index in [9.17, 15) is 5.11 Å². The van der Waals surface area contributed by atoms with E-state index in [0.717, 1.165) is 5.56 Å².